The maximum absolute atomic E-state index is 12.9. The molecule has 144 valence electrons. The number of carbonyl (C=O) groups is 3. The molecule has 0 radical (unpaired) electrons. The molecular formula is C19H24N4O4. The van der Waals surface area contributed by atoms with E-state index in [9.17, 15) is 19.5 Å². The van der Waals surface area contributed by atoms with Crippen molar-refractivity contribution >= 4 is 17.7 Å². The standard InChI is InChI=1S/C19H24N4O4/c24-11-14-8-20-5-6-22(14)9-12-1-2-13-10-23(19(27)15(13)7-12)16-3-4-17(25)21-18(16)26/h1-2,7,14,16,20,24H,3-6,8-11H2,(H,21,25,26). The van der Waals surface area contributed by atoms with Crippen LogP contribution in [0.2, 0.25) is 0 Å². The van der Waals surface area contributed by atoms with Crippen LogP contribution in [0.25, 0.3) is 0 Å². The maximum atomic E-state index is 12.9. The Hall–Kier alpha value is -2.29. The van der Waals surface area contributed by atoms with Crippen molar-refractivity contribution in [2.75, 3.05) is 26.2 Å². The summed E-state index contributed by atoms with van der Waals surface area (Å²) in [5.74, 6) is -0.822. The highest BCUT2D eigenvalue weighted by molar-refractivity contribution is 6.05. The van der Waals surface area contributed by atoms with Crippen molar-refractivity contribution in [3.8, 4) is 0 Å². The van der Waals surface area contributed by atoms with E-state index < -0.39 is 6.04 Å². The van der Waals surface area contributed by atoms with E-state index in [1.54, 1.807) is 4.90 Å². The molecule has 4 rings (SSSR count). The lowest BCUT2D eigenvalue weighted by atomic mass is 10.0. The van der Waals surface area contributed by atoms with Crippen LogP contribution in [-0.4, -0.2) is 71.0 Å². The first-order chi connectivity index (χ1) is 13.1. The second-order valence-electron chi connectivity index (χ2n) is 7.40. The fourth-order valence-corrected chi connectivity index (χ4v) is 4.13. The summed E-state index contributed by atoms with van der Waals surface area (Å²) in [6.45, 7) is 3.64. The minimum absolute atomic E-state index is 0.0719. The van der Waals surface area contributed by atoms with E-state index in [-0.39, 0.29) is 36.8 Å². The van der Waals surface area contributed by atoms with Gasteiger partial charge < -0.3 is 15.3 Å². The van der Waals surface area contributed by atoms with Gasteiger partial charge >= 0.3 is 0 Å². The Morgan fingerprint density at radius 3 is 2.85 bits per heavy atom. The molecule has 3 heterocycles. The molecule has 3 N–H and O–H groups in total. The fourth-order valence-electron chi connectivity index (χ4n) is 4.13. The lowest BCUT2D eigenvalue weighted by Crippen LogP contribution is -2.52. The predicted octanol–water partition coefficient (Wildman–Crippen LogP) is -0.786. The Bertz CT molecular complexity index is 781. The Morgan fingerprint density at radius 2 is 2.07 bits per heavy atom. The third-order valence-corrected chi connectivity index (χ3v) is 5.66. The summed E-state index contributed by atoms with van der Waals surface area (Å²) in [4.78, 5) is 40.2. The number of aliphatic hydroxyl groups excluding tert-OH is 1. The van der Waals surface area contributed by atoms with Crippen LogP contribution in [0.3, 0.4) is 0 Å². The third-order valence-electron chi connectivity index (χ3n) is 5.66. The van der Waals surface area contributed by atoms with Crippen LogP contribution < -0.4 is 10.6 Å². The topological polar surface area (TPSA) is 102 Å². The zero-order valence-corrected chi connectivity index (χ0v) is 15.1. The van der Waals surface area contributed by atoms with Gasteiger partial charge in [-0.3, -0.25) is 24.6 Å². The number of aliphatic hydroxyl groups is 1. The lowest BCUT2D eigenvalue weighted by Gasteiger charge is -2.35. The van der Waals surface area contributed by atoms with Gasteiger partial charge in [-0.05, 0) is 23.6 Å². The number of piperidine rings is 1. The number of hydrogen-bond acceptors (Lipinski definition) is 6. The number of amides is 3. The van der Waals surface area contributed by atoms with Gasteiger partial charge in [0, 0.05) is 50.7 Å². The van der Waals surface area contributed by atoms with Crippen molar-refractivity contribution < 1.29 is 19.5 Å². The molecule has 8 nitrogen and oxygen atoms in total. The van der Waals surface area contributed by atoms with E-state index in [0.29, 0.717) is 25.1 Å². The molecule has 0 aromatic heterocycles. The van der Waals surface area contributed by atoms with Crippen LogP contribution >= 0.6 is 0 Å². The molecule has 2 saturated heterocycles. The van der Waals surface area contributed by atoms with E-state index in [1.165, 1.54) is 0 Å². The molecule has 2 fully saturated rings. The van der Waals surface area contributed by atoms with Crippen molar-refractivity contribution in [1.29, 1.82) is 0 Å². The van der Waals surface area contributed by atoms with Crippen LogP contribution in [-0.2, 0) is 22.7 Å². The molecule has 0 saturated carbocycles. The molecule has 0 aliphatic carbocycles. The van der Waals surface area contributed by atoms with Crippen LogP contribution in [0.1, 0.15) is 34.3 Å². The molecule has 3 aliphatic heterocycles. The van der Waals surface area contributed by atoms with Crippen molar-refractivity contribution in [2.24, 2.45) is 0 Å². The van der Waals surface area contributed by atoms with Gasteiger partial charge in [-0.2, -0.15) is 0 Å². The Balaban J connectivity index is 1.49. The molecule has 8 heteroatoms. The van der Waals surface area contributed by atoms with E-state index in [2.05, 4.69) is 15.5 Å². The number of piperazine rings is 1. The highest BCUT2D eigenvalue weighted by Crippen LogP contribution is 2.28. The quantitative estimate of drug-likeness (QED) is 0.599. The van der Waals surface area contributed by atoms with Crippen LogP contribution in [0.5, 0.6) is 0 Å². The van der Waals surface area contributed by atoms with Crippen LogP contribution in [0, 0.1) is 0 Å². The van der Waals surface area contributed by atoms with Gasteiger partial charge in [0.15, 0.2) is 0 Å². The highest BCUT2D eigenvalue weighted by atomic mass is 16.3. The average Bonchev–Trinajstić information content (AvgIpc) is 2.98. The van der Waals surface area contributed by atoms with E-state index in [0.717, 1.165) is 30.8 Å². The van der Waals surface area contributed by atoms with E-state index >= 15 is 0 Å². The third kappa shape index (κ3) is 3.47. The van der Waals surface area contributed by atoms with Gasteiger partial charge in [-0.25, -0.2) is 0 Å². The molecule has 3 aliphatic rings. The monoisotopic (exact) mass is 372 g/mol. The zero-order chi connectivity index (χ0) is 19.0. The first-order valence-electron chi connectivity index (χ1n) is 9.39. The van der Waals surface area contributed by atoms with Gasteiger partial charge in [-0.1, -0.05) is 12.1 Å². The molecule has 27 heavy (non-hydrogen) atoms. The van der Waals surface area contributed by atoms with Crippen LogP contribution in [0.15, 0.2) is 18.2 Å². The van der Waals surface area contributed by atoms with E-state index in [1.807, 2.05) is 18.2 Å². The Morgan fingerprint density at radius 1 is 1.22 bits per heavy atom. The number of imide groups is 1. The summed E-state index contributed by atoms with van der Waals surface area (Å²) in [6.07, 6.45) is 0.629. The van der Waals surface area contributed by atoms with Gasteiger partial charge in [0.1, 0.15) is 6.04 Å². The highest BCUT2D eigenvalue weighted by Gasteiger charge is 2.39. The molecule has 3 amide bonds. The lowest BCUT2D eigenvalue weighted by molar-refractivity contribution is -0.136. The first-order valence-corrected chi connectivity index (χ1v) is 9.39. The predicted molar refractivity (Wildman–Crippen MR) is 96.6 cm³/mol. The number of carbonyl (C=O) groups excluding carboxylic acids is 3. The molecule has 0 spiro atoms. The van der Waals surface area contributed by atoms with Gasteiger partial charge in [0.25, 0.3) is 5.91 Å². The van der Waals surface area contributed by atoms with Crippen molar-refractivity contribution in [1.82, 2.24) is 20.4 Å². The number of nitrogens with zero attached hydrogens (tertiary/aromatic N) is 2. The summed E-state index contributed by atoms with van der Waals surface area (Å²) >= 11 is 0. The number of rotatable bonds is 4. The summed E-state index contributed by atoms with van der Waals surface area (Å²) in [5, 5.41) is 15.2. The second kappa shape index (κ2) is 7.38. The number of nitrogens with one attached hydrogen (secondary N) is 2. The smallest absolute Gasteiger partial charge is 0.255 e. The average molecular weight is 372 g/mol. The molecule has 2 atom stereocenters. The SMILES string of the molecule is O=C1CCC(N2Cc3ccc(CN4CCNCC4CO)cc3C2=O)C(=O)N1. The minimum atomic E-state index is -0.585. The second-order valence-corrected chi connectivity index (χ2v) is 7.40. The van der Waals surface area contributed by atoms with E-state index in [4.69, 9.17) is 0 Å². The summed E-state index contributed by atoms with van der Waals surface area (Å²) in [7, 11) is 0. The Labute approximate surface area is 157 Å². The van der Waals surface area contributed by atoms with Gasteiger partial charge in [0.2, 0.25) is 11.8 Å². The van der Waals surface area contributed by atoms with Crippen molar-refractivity contribution in [2.45, 2.75) is 38.0 Å². The molecular weight excluding hydrogens is 348 g/mol. The minimum Gasteiger partial charge on any atom is -0.395 e. The summed E-state index contributed by atoms with van der Waals surface area (Å²) in [6, 6.07) is 5.35. The number of fused-ring (bicyclic) bond motifs is 1. The summed E-state index contributed by atoms with van der Waals surface area (Å²) < 4.78 is 0. The van der Waals surface area contributed by atoms with Gasteiger partial charge in [0.05, 0.1) is 6.61 Å². The normalized spacial score (nSPS) is 26.3. The Kier molecular flexibility index (Phi) is 4.94. The largest absolute Gasteiger partial charge is 0.395 e. The molecule has 0 bridgehead atoms. The van der Waals surface area contributed by atoms with Crippen molar-refractivity contribution in [3.63, 3.8) is 0 Å². The molecule has 2 unspecified atom stereocenters. The number of benzene rings is 1. The summed E-state index contributed by atoms with van der Waals surface area (Å²) in [5.41, 5.74) is 2.56. The molecule has 1 aromatic rings. The maximum Gasteiger partial charge on any atom is 0.255 e. The molecule has 1 aromatic carbocycles. The van der Waals surface area contributed by atoms with Gasteiger partial charge in [-0.15, -0.1) is 0 Å². The first kappa shape index (κ1) is 18.1. The fraction of sp³-hybridized carbons (Fsp3) is 0.526. The van der Waals surface area contributed by atoms with Crippen molar-refractivity contribution in [3.05, 3.63) is 34.9 Å². The van der Waals surface area contributed by atoms with Crippen LogP contribution in [0.4, 0.5) is 0 Å². The number of hydrogen-bond donors (Lipinski definition) is 3. The zero-order valence-electron chi connectivity index (χ0n) is 15.1.